The van der Waals surface area contributed by atoms with E-state index in [1.165, 1.54) is 12.1 Å². The molecule has 0 aliphatic heterocycles. The number of aliphatic hydroxyl groups excluding tert-OH is 1. The Morgan fingerprint density at radius 3 is 2.25 bits per heavy atom. The first-order valence-corrected chi connectivity index (χ1v) is 10.4. The van der Waals surface area contributed by atoms with E-state index in [9.17, 15) is 27.5 Å². The van der Waals surface area contributed by atoms with E-state index in [0.717, 1.165) is 11.1 Å². The summed E-state index contributed by atoms with van der Waals surface area (Å²) in [7, 11) is 0. The van der Waals surface area contributed by atoms with Crippen molar-refractivity contribution in [2.24, 2.45) is 0 Å². The Balaban J connectivity index is 1.51. The Morgan fingerprint density at radius 2 is 1.62 bits per heavy atom. The first-order chi connectivity index (χ1) is 15.1. The van der Waals surface area contributed by atoms with Crippen LogP contribution in [0, 0.1) is 0 Å². The summed E-state index contributed by atoms with van der Waals surface area (Å²) >= 11 is 0. The molecule has 1 heterocycles. The number of fused-ring (bicyclic) bond motifs is 1. The molecule has 1 amide bonds. The van der Waals surface area contributed by atoms with Crippen molar-refractivity contribution < 1.29 is 31.9 Å². The van der Waals surface area contributed by atoms with Crippen molar-refractivity contribution in [3.05, 3.63) is 59.9 Å². The maximum absolute atomic E-state index is 13.4. The smallest absolute Gasteiger partial charge is 0.287 e. The largest absolute Gasteiger partial charge is 0.451 e. The molecule has 1 aliphatic carbocycles. The Bertz CT molecular complexity index is 1110. The van der Waals surface area contributed by atoms with Gasteiger partial charge in [-0.1, -0.05) is 36.4 Å². The Labute approximate surface area is 182 Å². The molecule has 3 aromatic rings. The standard InChI is InChI=1S/C24H23F4NO3/c1-23(8-10-24(27,28)11-9-23)29-22(31)19-13-17-7-6-16(12-18(17)32-19)14-2-4-15(5-3-14)20(30)21(25)26/h2-7,12-13,20-21,30H,8-11H2,1H3,(H,29,31). The zero-order valence-corrected chi connectivity index (χ0v) is 17.4. The number of carbonyl (C=O) groups excluding carboxylic acids is 1. The summed E-state index contributed by atoms with van der Waals surface area (Å²) in [6, 6.07) is 13.0. The fourth-order valence-electron chi connectivity index (χ4n) is 3.97. The minimum Gasteiger partial charge on any atom is -0.451 e. The Morgan fingerprint density at radius 1 is 1.00 bits per heavy atom. The molecule has 1 atom stereocenters. The van der Waals surface area contributed by atoms with Crippen LogP contribution < -0.4 is 5.32 Å². The fourth-order valence-corrected chi connectivity index (χ4v) is 3.97. The van der Waals surface area contributed by atoms with Crippen LogP contribution in [-0.4, -0.2) is 28.9 Å². The number of hydrogen-bond acceptors (Lipinski definition) is 3. The highest BCUT2D eigenvalue weighted by molar-refractivity contribution is 5.97. The van der Waals surface area contributed by atoms with Crippen LogP contribution in [0.3, 0.4) is 0 Å². The van der Waals surface area contributed by atoms with E-state index in [4.69, 9.17) is 4.42 Å². The minimum atomic E-state index is -2.86. The van der Waals surface area contributed by atoms with E-state index in [1.807, 2.05) is 6.07 Å². The SMILES string of the molecule is CC1(NC(=O)c2cc3ccc(-c4ccc(C(O)C(F)F)cc4)cc3o2)CCC(F)(F)CC1. The molecule has 1 aliphatic rings. The first-order valence-electron chi connectivity index (χ1n) is 10.4. The molecule has 0 radical (unpaired) electrons. The first kappa shape index (κ1) is 22.3. The van der Waals surface area contributed by atoms with Gasteiger partial charge in [-0.05, 0) is 48.6 Å². The third-order valence-corrected chi connectivity index (χ3v) is 6.07. The van der Waals surface area contributed by atoms with Crippen molar-refractivity contribution in [2.75, 3.05) is 0 Å². The molecule has 1 aromatic heterocycles. The van der Waals surface area contributed by atoms with Gasteiger partial charge in [-0.2, -0.15) is 0 Å². The monoisotopic (exact) mass is 449 g/mol. The lowest BCUT2D eigenvalue weighted by molar-refractivity contribution is -0.0523. The van der Waals surface area contributed by atoms with Crippen LogP contribution in [0.4, 0.5) is 17.6 Å². The molecule has 1 fully saturated rings. The van der Waals surface area contributed by atoms with Gasteiger partial charge in [0, 0.05) is 23.8 Å². The number of aliphatic hydroxyl groups is 1. The topological polar surface area (TPSA) is 62.5 Å². The molecule has 4 rings (SSSR count). The molecule has 1 saturated carbocycles. The van der Waals surface area contributed by atoms with Crippen molar-refractivity contribution in [2.45, 2.75) is 56.6 Å². The van der Waals surface area contributed by atoms with Crippen LogP contribution in [0.5, 0.6) is 0 Å². The van der Waals surface area contributed by atoms with Crippen molar-refractivity contribution >= 4 is 16.9 Å². The van der Waals surface area contributed by atoms with E-state index in [1.54, 1.807) is 37.3 Å². The highest BCUT2D eigenvalue weighted by Gasteiger charge is 2.41. The normalized spacial score (nSPS) is 18.6. The van der Waals surface area contributed by atoms with Gasteiger partial charge in [0.2, 0.25) is 5.92 Å². The predicted octanol–water partition coefficient (Wildman–Crippen LogP) is 6.10. The van der Waals surface area contributed by atoms with Crippen molar-refractivity contribution in [1.82, 2.24) is 5.32 Å². The van der Waals surface area contributed by atoms with Crippen molar-refractivity contribution in [3.8, 4) is 11.1 Å². The number of benzene rings is 2. The van der Waals surface area contributed by atoms with Gasteiger partial charge in [-0.3, -0.25) is 4.79 Å². The number of carbonyl (C=O) groups is 1. The average molecular weight is 449 g/mol. The number of amides is 1. The second kappa shape index (κ2) is 8.24. The predicted molar refractivity (Wildman–Crippen MR) is 112 cm³/mol. The molecule has 4 nitrogen and oxygen atoms in total. The van der Waals surface area contributed by atoms with Crippen molar-refractivity contribution in [3.63, 3.8) is 0 Å². The summed E-state index contributed by atoms with van der Waals surface area (Å²) in [5.41, 5.74) is 1.35. The molecule has 0 saturated heterocycles. The highest BCUT2D eigenvalue weighted by atomic mass is 19.3. The third kappa shape index (κ3) is 4.65. The van der Waals surface area contributed by atoms with Crippen LogP contribution in [0.2, 0.25) is 0 Å². The quantitative estimate of drug-likeness (QED) is 0.463. The number of halogens is 4. The molecule has 32 heavy (non-hydrogen) atoms. The zero-order chi connectivity index (χ0) is 23.1. The summed E-state index contributed by atoms with van der Waals surface area (Å²) < 4.78 is 57.9. The van der Waals surface area contributed by atoms with Gasteiger partial charge in [0.15, 0.2) is 5.76 Å². The minimum absolute atomic E-state index is 0.0890. The van der Waals surface area contributed by atoms with E-state index >= 15 is 0 Å². The molecule has 1 unspecified atom stereocenters. The third-order valence-electron chi connectivity index (χ3n) is 6.07. The second-order valence-corrected chi connectivity index (χ2v) is 8.64. The second-order valence-electron chi connectivity index (χ2n) is 8.64. The maximum Gasteiger partial charge on any atom is 0.287 e. The van der Waals surface area contributed by atoms with Crippen LogP contribution in [0.1, 0.15) is 54.8 Å². The molecule has 2 N–H and O–H groups in total. The van der Waals surface area contributed by atoms with Crippen molar-refractivity contribution in [1.29, 1.82) is 0 Å². The van der Waals surface area contributed by atoms with E-state index in [-0.39, 0.29) is 37.0 Å². The number of nitrogens with one attached hydrogen (secondary N) is 1. The van der Waals surface area contributed by atoms with E-state index in [0.29, 0.717) is 11.0 Å². The molecular weight excluding hydrogens is 426 g/mol. The van der Waals surface area contributed by atoms with Crippen LogP contribution in [0.25, 0.3) is 22.1 Å². The van der Waals surface area contributed by atoms with Gasteiger partial charge >= 0.3 is 0 Å². The average Bonchev–Trinajstić information content (AvgIpc) is 3.19. The van der Waals surface area contributed by atoms with Crippen LogP contribution in [0.15, 0.2) is 52.9 Å². The van der Waals surface area contributed by atoms with Gasteiger partial charge in [0.05, 0.1) is 0 Å². The zero-order valence-electron chi connectivity index (χ0n) is 17.4. The Hall–Kier alpha value is -2.87. The van der Waals surface area contributed by atoms with Crippen LogP contribution >= 0.6 is 0 Å². The lowest BCUT2D eigenvalue weighted by atomic mass is 9.81. The van der Waals surface area contributed by atoms with Crippen LogP contribution in [-0.2, 0) is 0 Å². The highest BCUT2D eigenvalue weighted by Crippen LogP contribution is 2.38. The molecular formula is C24H23F4NO3. The van der Waals surface area contributed by atoms with Gasteiger partial charge in [0.25, 0.3) is 12.3 Å². The molecule has 170 valence electrons. The lowest BCUT2D eigenvalue weighted by Crippen LogP contribution is -2.50. The number of rotatable bonds is 5. The van der Waals surface area contributed by atoms with E-state index in [2.05, 4.69) is 5.32 Å². The summed E-state index contributed by atoms with van der Waals surface area (Å²) in [4.78, 5) is 12.7. The fraction of sp³-hybridized carbons (Fsp3) is 0.375. The Kier molecular flexibility index (Phi) is 5.75. The van der Waals surface area contributed by atoms with Gasteiger partial charge in [0.1, 0.15) is 11.7 Å². The van der Waals surface area contributed by atoms with Gasteiger partial charge in [-0.25, -0.2) is 17.6 Å². The van der Waals surface area contributed by atoms with E-state index < -0.39 is 29.9 Å². The maximum atomic E-state index is 13.4. The molecule has 2 aromatic carbocycles. The molecule has 8 heteroatoms. The number of alkyl halides is 4. The summed E-state index contributed by atoms with van der Waals surface area (Å²) in [6.07, 6.45) is -4.85. The summed E-state index contributed by atoms with van der Waals surface area (Å²) in [5, 5.41) is 13.0. The lowest BCUT2D eigenvalue weighted by Gasteiger charge is -2.37. The van der Waals surface area contributed by atoms with Gasteiger partial charge < -0.3 is 14.8 Å². The molecule has 0 spiro atoms. The number of furan rings is 1. The van der Waals surface area contributed by atoms with Gasteiger partial charge in [-0.15, -0.1) is 0 Å². The summed E-state index contributed by atoms with van der Waals surface area (Å²) in [6.45, 7) is 1.76. The number of hydrogen-bond donors (Lipinski definition) is 2. The molecule has 0 bridgehead atoms. The summed E-state index contributed by atoms with van der Waals surface area (Å²) in [5.74, 6) is -3.05.